The molecule has 2 nitrogen and oxygen atoms in total. The van der Waals surface area contributed by atoms with Crippen molar-refractivity contribution in [3.05, 3.63) is 178 Å². The smallest absolute Gasteiger partial charge is 0.179 e. The largest absolute Gasteiger partial charge is 0.369 e. The molecule has 6 rings (SSSR count). The van der Waals surface area contributed by atoms with Gasteiger partial charge in [0.2, 0.25) is 0 Å². The van der Waals surface area contributed by atoms with E-state index in [1.165, 1.54) is 0 Å². The topological polar surface area (TPSA) is 40.5 Å². The molecule has 0 heterocycles. The van der Waals surface area contributed by atoms with Crippen LogP contribution in [0.25, 0.3) is 0 Å². The summed E-state index contributed by atoms with van der Waals surface area (Å²) in [7, 11) is 0. The summed E-state index contributed by atoms with van der Waals surface area (Å²) in [6.07, 6.45) is 0. The summed E-state index contributed by atoms with van der Waals surface area (Å²) >= 11 is 0. The Labute approximate surface area is 234 Å². The second-order valence-electron chi connectivity index (χ2n) is 9.54. The van der Waals surface area contributed by atoms with Crippen molar-refractivity contribution in [2.24, 2.45) is 0 Å². The molecular formula is C38H24O2. The fourth-order valence-corrected chi connectivity index (χ4v) is 5.04. The van der Waals surface area contributed by atoms with E-state index in [2.05, 4.69) is 35.5 Å². The maximum absolute atomic E-state index is 12.5. The fourth-order valence-electron chi connectivity index (χ4n) is 5.04. The van der Waals surface area contributed by atoms with Crippen molar-refractivity contribution in [1.29, 1.82) is 0 Å². The zero-order chi connectivity index (χ0) is 27.4. The molecule has 0 saturated heterocycles. The first-order chi connectivity index (χ1) is 19.6. The highest BCUT2D eigenvalue weighted by Crippen LogP contribution is 2.48. The lowest BCUT2D eigenvalue weighted by Crippen LogP contribution is -2.42. The van der Waals surface area contributed by atoms with E-state index in [9.17, 15) is 10.2 Å². The van der Waals surface area contributed by atoms with E-state index in [0.29, 0.717) is 27.8 Å². The third kappa shape index (κ3) is 4.58. The van der Waals surface area contributed by atoms with Gasteiger partial charge in [-0.3, -0.25) is 0 Å². The minimum absolute atomic E-state index is 0.436. The quantitative estimate of drug-likeness (QED) is 0.251. The molecule has 0 bridgehead atoms. The Bertz CT molecular complexity index is 1880. The van der Waals surface area contributed by atoms with Gasteiger partial charge in [0.15, 0.2) is 11.2 Å². The molecule has 2 heteroatoms. The summed E-state index contributed by atoms with van der Waals surface area (Å²) in [6.45, 7) is 0. The summed E-state index contributed by atoms with van der Waals surface area (Å²) in [5, 5.41) is 24.9. The van der Waals surface area contributed by atoms with Gasteiger partial charge in [0.1, 0.15) is 0 Å². The molecule has 0 spiro atoms. The molecule has 0 aliphatic heterocycles. The minimum Gasteiger partial charge on any atom is -0.369 e. The lowest BCUT2D eigenvalue weighted by Gasteiger charge is -2.40. The monoisotopic (exact) mass is 512 g/mol. The van der Waals surface area contributed by atoms with Crippen molar-refractivity contribution in [1.82, 2.24) is 0 Å². The van der Waals surface area contributed by atoms with E-state index in [0.717, 1.165) is 16.7 Å². The van der Waals surface area contributed by atoms with Crippen molar-refractivity contribution in [3.8, 4) is 35.5 Å². The van der Waals surface area contributed by atoms with E-state index in [-0.39, 0.29) is 0 Å². The normalized spacial score (nSPS) is 18.4. The number of rotatable bonds is 0. The molecule has 2 N–H and O–H groups in total. The maximum atomic E-state index is 12.5. The Balaban J connectivity index is 1.64. The summed E-state index contributed by atoms with van der Waals surface area (Å²) in [5.74, 6) is 19.0. The molecule has 5 aromatic carbocycles. The number of benzene rings is 5. The molecule has 5 aromatic rings. The van der Waals surface area contributed by atoms with Crippen molar-refractivity contribution in [2.75, 3.05) is 0 Å². The van der Waals surface area contributed by atoms with Crippen LogP contribution in [0.1, 0.15) is 44.5 Å². The van der Waals surface area contributed by atoms with E-state index >= 15 is 0 Å². The van der Waals surface area contributed by atoms with Crippen LogP contribution in [-0.2, 0) is 11.2 Å². The Morgan fingerprint density at radius 3 is 1.35 bits per heavy atom. The van der Waals surface area contributed by atoms with Gasteiger partial charge in [0, 0.05) is 44.5 Å². The average Bonchev–Trinajstić information content (AvgIpc) is 3.02. The Kier molecular flexibility index (Phi) is 6.54. The lowest BCUT2D eigenvalue weighted by molar-refractivity contribution is 0.0942. The van der Waals surface area contributed by atoms with E-state index in [4.69, 9.17) is 0 Å². The van der Waals surface area contributed by atoms with Crippen molar-refractivity contribution >= 4 is 0 Å². The van der Waals surface area contributed by atoms with Crippen LogP contribution >= 0.6 is 0 Å². The molecule has 0 aromatic heterocycles. The predicted molar refractivity (Wildman–Crippen MR) is 158 cm³/mol. The molecule has 1 aliphatic rings. The van der Waals surface area contributed by atoms with Gasteiger partial charge in [0.25, 0.3) is 0 Å². The van der Waals surface area contributed by atoms with Crippen LogP contribution in [0.15, 0.2) is 133 Å². The Morgan fingerprint density at radius 2 is 0.800 bits per heavy atom. The van der Waals surface area contributed by atoms with Gasteiger partial charge in [-0.2, -0.15) is 0 Å². The minimum atomic E-state index is -1.75. The molecule has 0 fully saturated rings. The number of fused-ring (bicyclic) bond motifs is 2. The zero-order valence-electron chi connectivity index (χ0n) is 21.6. The number of hydrogen-bond acceptors (Lipinski definition) is 2. The molecule has 0 radical (unpaired) electrons. The zero-order valence-corrected chi connectivity index (χ0v) is 21.6. The highest BCUT2D eigenvalue weighted by molar-refractivity contribution is 5.68. The molecular weight excluding hydrogens is 488 g/mol. The lowest BCUT2D eigenvalue weighted by atomic mass is 9.66. The fraction of sp³-hybridized carbons (Fsp3) is 0.0526. The highest BCUT2D eigenvalue weighted by Gasteiger charge is 2.49. The van der Waals surface area contributed by atoms with Gasteiger partial charge >= 0.3 is 0 Å². The maximum Gasteiger partial charge on any atom is 0.179 e. The van der Waals surface area contributed by atoms with Crippen LogP contribution < -0.4 is 0 Å². The Morgan fingerprint density at radius 1 is 0.375 bits per heavy atom. The Hall–Kier alpha value is -5.30. The standard InChI is InChI=1S/C38H24O2/c39-37(27-25-30-15-6-2-7-16-30)33-20-10-11-21-34(33)38(40,28-26-31-17-8-3-9-18-31)36-32(19-12-22-35(36)37)24-23-29-13-4-1-5-14-29/h1-22,39-40H/t37-,38+/m1/s1. The summed E-state index contributed by atoms with van der Waals surface area (Å²) in [6, 6.07) is 41.5. The van der Waals surface area contributed by atoms with Gasteiger partial charge < -0.3 is 10.2 Å². The first-order valence-electron chi connectivity index (χ1n) is 13.0. The van der Waals surface area contributed by atoms with Crippen LogP contribution in [0.5, 0.6) is 0 Å². The highest BCUT2D eigenvalue weighted by atomic mass is 16.3. The summed E-state index contributed by atoms with van der Waals surface area (Å²) < 4.78 is 0. The van der Waals surface area contributed by atoms with Gasteiger partial charge in [-0.1, -0.05) is 127 Å². The van der Waals surface area contributed by atoms with Gasteiger partial charge in [-0.05, 0) is 42.5 Å². The van der Waals surface area contributed by atoms with Crippen LogP contribution in [0.3, 0.4) is 0 Å². The second-order valence-corrected chi connectivity index (χ2v) is 9.54. The van der Waals surface area contributed by atoms with Crippen LogP contribution in [-0.4, -0.2) is 10.2 Å². The van der Waals surface area contributed by atoms with Crippen molar-refractivity contribution < 1.29 is 10.2 Å². The van der Waals surface area contributed by atoms with E-state index in [1.807, 2.05) is 115 Å². The third-order valence-corrected chi connectivity index (χ3v) is 6.96. The van der Waals surface area contributed by atoms with Gasteiger partial charge in [-0.15, -0.1) is 0 Å². The summed E-state index contributed by atoms with van der Waals surface area (Å²) in [4.78, 5) is 0. The van der Waals surface area contributed by atoms with Crippen molar-refractivity contribution in [2.45, 2.75) is 11.2 Å². The molecule has 0 unspecified atom stereocenters. The van der Waals surface area contributed by atoms with E-state index < -0.39 is 11.2 Å². The molecule has 1 aliphatic carbocycles. The summed E-state index contributed by atoms with van der Waals surface area (Å²) in [5.41, 5.74) is 1.37. The van der Waals surface area contributed by atoms with Gasteiger partial charge in [0.05, 0.1) is 0 Å². The number of aliphatic hydroxyl groups is 2. The molecule has 0 saturated carbocycles. The molecule has 2 atom stereocenters. The molecule has 40 heavy (non-hydrogen) atoms. The SMILES string of the molecule is O[C@]1(C#Cc2ccccc2)c2ccccc2[C@@](O)(C#Cc2ccccc2)c2c(C#Cc3ccccc3)cccc21. The number of hydrogen-bond donors (Lipinski definition) is 2. The van der Waals surface area contributed by atoms with Crippen LogP contribution in [0, 0.1) is 35.5 Å². The van der Waals surface area contributed by atoms with Crippen LogP contribution in [0.4, 0.5) is 0 Å². The van der Waals surface area contributed by atoms with Gasteiger partial charge in [-0.25, -0.2) is 0 Å². The first kappa shape index (κ1) is 25.0. The molecule has 0 amide bonds. The van der Waals surface area contributed by atoms with Crippen LogP contribution in [0.2, 0.25) is 0 Å². The van der Waals surface area contributed by atoms with Crippen molar-refractivity contribution in [3.63, 3.8) is 0 Å². The van der Waals surface area contributed by atoms with E-state index in [1.54, 1.807) is 18.2 Å². The first-order valence-corrected chi connectivity index (χ1v) is 13.0. The predicted octanol–water partition coefficient (Wildman–Crippen LogP) is 5.98. The average molecular weight is 513 g/mol. The second kappa shape index (κ2) is 10.5. The third-order valence-electron chi connectivity index (χ3n) is 6.96. The molecule has 188 valence electrons.